The molecular weight excluding hydrogens is 248 g/mol. The van der Waals surface area contributed by atoms with Crippen molar-refractivity contribution >= 4 is 5.91 Å². The molecule has 3 heteroatoms. The zero-order valence-electron chi connectivity index (χ0n) is 13.0. The third-order valence-electron chi connectivity index (χ3n) is 3.84. The lowest BCUT2D eigenvalue weighted by atomic mass is 10.0. The number of pyridine rings is 1. The van der Waals surface area contributed by atoms with Gasteiger partial charge in [-0.1, -0.05) is 51.9 Å². The number of carbonyl (C=O) groups is 1. The molecule has 0 atom stereocenters. The fourth-order valence-corrected chi connectivity index (χ4v) is 2.52. The van der Waals surface area contributed by atoms with E-state index in [2.05, 4.69) is 11.9 Å². The van der Waals surface area contributed by atoms with Crippen LogP contribution in [0.25, 0.3) is 0 Å². The summed E-state index contributed by atoms with van der Waals surface area (Å²) < 4.78 is 0. The Bertz CT molecular complexity index is 415. The van der Waals surface area contributed by atoms with E-state index in [-0.39, 0.29) is 5.91 Å². The summed E-state index contributed by atoms with van der Waals surface area (Å²) in [5.74, 6) is -0.359. The lowest BCUT2D eigenvalue weighted by Gasteiger charge is -2.08. The van der Waals surface area contributed by atoms with E-state index in [1.807, 2.05) is 6.92 Å². The number of unbranched alkanes of at least 4 members (excludes halogenated alkanes) is 7. The quantitative estimate of drug-likeness (QED) is 0.652. The summed E-state index contributed by atoms with van der Waals surface area (Å²) in [7, 11) is 0. The van der Waals surface area contributed by atoms with Crippen LogP contribution in [-0.4, -0.2) is 10.9 Å². The van der Waals surface area contributed by atoms with Crippen LogP contribution < -0.4 is 5.73 Å². The zero-order valence-corrected chi connectivity index (χ0v) is 13.0. The molecule has 0 aliphatic heterocycles. The minimum atomic E-state index is -0.359. The first-order valence-electron chi connectivity index (χ1n) is 7.91. The number of amides is 1. The van der Waals surface area contributed by atoms with Crippen LogP contribution in [0.4, 0.5) is 0 Å². The van der Waals surface area contributed by atoms with Gasteiger partial charge in [0.05, 0.1) is 0 Å². The molecule has 0 unspecified atom stereocenters. The third-order valence-corrected chi connectivity index (χ3v) is 3.84. The molecular formula is C17H28N2O. The highest BCUT2D eigenvalue weighted by Gasteiger charge is 2.09. The number of aromatic nitrogens is 1. The molecule has 1 amide bonds. The van der Waals surface area contributed by atoms with Crippen LogP contribution in [0.15, 0.2) is 12.3 Å². The number of primary amides is 1. The van der Waals surface area contributed by atoms with Crippen molar-refractivity contribution in [3.8, 4) is 0 Å². The minimum Gasteiger partial charge on any atom is -0.366 e. The van der Waals surface area contributed by atoms with Crippen molar-refractivity contribution in [2.75, 3.05) is 0 Å². The van der Waals surface area contributed by atoms with Gasteiger partial charge in [0, 0.05) is 17.5 Å². The first-order chi connectivity index (χ1) is 9.66. The van der Waals surface area contributed by atoms with Crippen molar-refractivity contribution in [3.63, 3.8) is 0 Å². The van der Waals surface area contributed by atoms with Crippen LogP contribution in [0.5, 0.6) is 0 Å². The first-order valence-corrected chi connectivity index (χ1v) is 7.91. The van der Waals surface area contributed by atoms with Crippen LogP contribution in [-0.2, 0) is 6.42 Å². The van der Waals surface area contributed by atoms with Crippen LogP contribution in [0.2, 0.25) is 0 Å². The number of nitrogens with two attached hydrogens (primary N) is 1. The minimum absolute atomic E-state index is 0.359. The molecule has 0 spiro atoms. The molecule has 0 radical (unpaired) electrons. The zero-order chi connectivity index (χ0) is 14.8. The number of nitrogens with zero attached hydrogens (tertiary/aromatic N) is 1. The largest absolute Gasteiger partial charge is 0.366 e. The third kappa shape index (κ3) is 5.72. The number of hydrogen-bond acceptors (Lipinski definition) is 2. The van der Waals surface area contributed by atoms with Crippen LogP contribution >= 0.6 is 0 Å². The number of aryl methyl sites for hydroxylation is 1. The summed E-state index contributed by atoms with van der Waals surface area (Å²) in [6.07, 6.45) is 13.1. The van der Waals surface area contributed by atoms with Gasteiger partial charge in [-0.3, -0.25) is 9.78 Å². The molecule has 0 fully saturated rings. The average Bonchev–Trinajstić information content (AvgIpc) is 2.43. The lowest BCUT2D eigenvalue weighted by molar-refractivity contribution is 0.0999. The number of rotatable bonds is 10. The van der Waals surface area contributed by atoms with E-state index in [1.54, 1.807) is 12.3 Å². The SMILES string of the molecule is CCCCCCCCCCc1nccc(C(N)=O)c1C. The van der Waals surface area contributed by atoms with E-state index in [1.165, 1.54) is 44.9 Å². The lowest BCUT2D eigenvalue weighted by Crippen LogP contribution is -2.14. The van der Waals surface area contributed by atoms with Gasteiger partial charge >= 0.3 is 0 Å². The molecule has 1 aromatic rings. The maximum absolute atomic E-state index is 11.3. The Balaban J connectivity index is 2.25. The van der Waals surface area contributed by atoms with Crippen LogP contribution in [0, 0.1) is 6.92 Å². The van der Waals surface area contributed by atoms with Gasteiger partial charge in [-0.15, -0.1) is 0 Å². The highest BCUT2D eigenvalue weighted by Crippen LogP contribution is 2.15. The topological polar surface area (TPSA) is 56.0 Å². The summed E-state index contributed by atoms with van der Waals surface area (Å²) in [6.45, 7) is 4.18. The molecule has 0 aliphatic carbocycles. The van der Waals surface area contributed by atoms with E-state index in [4.69, 9.17) is 5.73 Å². The highest BCUT2D eigenvalue weighted by molar-refractivity contribution is 5.94. The van der Waals surface area contributed by atoms with E-state index >= 15 is 0 Å². The van der Waals surface area contributed by atoms with Gasteiger partial charge in [0.15, 0.2) is 0 Å². The Morgan fingerprint density at radius 3 is 2.30 bits per heavy atom. The van der Waals surface area contributed by atoms with Gasteiger partial charge < -0.3 is 5.73 Å². The maximum atomic E-state index is 11.3. The Morgan fingerprint density at radius 1 is 1.10 bits per heavy atom. The summed E-state index contributed by atoms with van der Waals surface area (Å²) in [6, 6.07) is 1.70. The molecule has 1 rings (SSSR count). The molecule has 1 heterocycles. The van der Waals surface area contributed by atoms with E-state index in [0.717, 1.165) is 24.1 Å². The molecule has 0 bridgehead atoms. The molecule has 0 aromatic carbocycles. The Hall–Kier alpha value is -1.38. The second-order valence-electron chi connectivity index (χ2n) is 5.52. The predicted molar refractivity (Wildman–Crippen MR) is 83.8 cm³/mol. The van der Waals surface area contributed by atoms with Crippen molar-refractivity contribution in [1.82, 2.24) is 4.98 Å². The van der Waals surface area contributed by atoms with Crippen molar-refractivity contribution < 1.29 is 4.79 Å². The summed E-state index contributed by atoms with van der Waals surface area (Å²) in [4.78, 5) is 15.6. The van der Waals surface area contributed by atoms with Gasteiger partial charge in [-0.25, -0.2) is 0 Å². The molecule has 1 aromatic heterocycles. The van der Waals surface area contributed by atoms with E-state index in [9.17, 15) is 4.79 Å². The second-order valence-corrected chi connectivity index (χ2v) is 5.52. The summed E-state index contributed by atoms with van der Waals surface area (Å²) >= 11 is 0. The Labute approximate surface area is 123 Å². The van der Waals surface area contributed by atoms with E-state index < -0.39 is 0 Å². The molecule has 3 nitrogen and oxygen atoms in total. The van der Waals surface area contributed by atoms with Crippen LogP contribution in [0.1, 0.15) is 79.9 Å². The molecule has 0 saturated carbocycles. The van der Waals surface area contributed by atoms with Gasteiger partial charge in [-0.05, 0) is 31.4 Å². The van der Waals surface area contributed by atoms with Gasteiger partial charge in [0.2, 0.25) is 5.91 Å². The predicted octanol–water partition coefficient (Wildman–Crippen LogP) is 4.17. The summed E-state index contributed by atoms with van der Waals surface area (Å²) in [5.41, 5.74) is 7.92. The standard InChI is InChI=1S/C17H28N2O/c1-3-4-5-6-7-8-9-10-11-16-14(2)15(17(18)20)12-13-19-16/h12-13H,3-11H2,1-2H3,(H2,18,20). The Morgan fingerprint density at radius 2 is 1.70 bits per heavy atom. The molecule has 0 saturated heterocycles. The highest BCUT2D eigenvalue weighted by atomic mass is 16.1. The molecule has 2 N–H and O–H groups in total. The summed E-state index contributed by atoms with van der Waals surface area (Å²) in [5, 5.41) is 0. The van der Waals surface area contributed by atoms with Crippen molar-refractivity contribution in [2.45, 2.75) is 71.6 Å². The van der Waals surface area contributed by atoms with Crippen LogP contribution in [0.3, 0.4) is 0 Å². The smallest absolute Gasteiger partial charge is 0.249 e. The maximum Gasteiger partial charge on any atom is 0.249 e. The van der Waals surface area contributed by atoms with Crippen molar-refractivity contribution in [2.24, 2.45) is 5.73 Å². The fraction of sp³-hybridized carbons (Fsp3) is 0.647. The first kappa shape index (κ1) is 16.7. The molecule has 20 heavy (non-hydrogen) atoms. The van der Waals surface area contributed by atoms with Crippen molar-refractivity contribution in [1.29, 1.82) is 0 Å². The monoisotopic (exact) mass is 276 g/mol. The molecule has 112 valence electrons. The fourth-order valence-electron chi connectivity index (χ4n) is 2.52. The van der Waals surface area contributed by atoms with Gasteiger partial charge in [-0.2, -0.15) is 0 Å². The normalized spacial score (nSPS) is 10.7. The Kier molecular flexibility index (Phi) is 7.93. The van der Waals surface area contributed by atoms with Crippen molar-refractivity contribution in [3.05, 3.63) is 29.1 Å². The van der Waals surface area contributed by atoms with Gasteiger partial charge in [0.1, 0.15) is 0 Å². The average molecular weight is 276 g/mol. The molecule has 0 aliphatic rings. The second kappa shape index (κ2) is 9.51. The number of carbonyl (C=O) groups excluding carboxylic acids is 1. The van der Waals surface area contributed by atoms with E-state index in [0.29, 0.717) is 5.56 Å². The number of hydrogen-bond donors (Lipinski definition) is 1. The van der Waals surface area contributed by atoms with Gasteiger partial charge in [0.25, 0.3) is 0 Å².